The summed E-state index contributed by atoms with van der Waals surface area (Å²) in [4.78, 5) is 21.1. The summed E-state index contributed by atoms with van der Waals surface area (Å²) in [6.45, 7) is 6.16. The Bertz CT molecular complexity index is 781. The quantitative estimate of drug-likeness (QED) is 0.894. The maximum atomic E-state index is 12.6. The van der Waals surface area contributed by atoms with Gasteiger partial charge in [0, 0.05) is 56.7 Å². The standard InChI is InChI=1S/C20H27N5O2/c1-15(26)19-13-18-14-24(9-2-10-25(18)22-19)17-5-11-23(12-6-17)20(27)16-3-7-21-8-4-16/h3-4,7-8,13,15,17,26H,2,5-6,9-12,14H2,1H3/t15-/m0/s1. The molecule has 7 nitrogen and oxygen atoms in total. The zero-order chi connectivity index (χ0) is 18.8. The van der Waals surface area contributed by atoms with Gasteiger partial charge in [0.2, 0.25) is 0 Å². The number of rotatable bonds is 3. The summed E-state index contributed by atoms with van der Waals surface area (Å²) in [6.07, 6.45) is 5.86. The number of amides is 1. The molecule has 0 aromatic carbocycles. The van der Waals surface area contributed by atoms with Crippen LogP contribution in [0.25, 0.3) is 0 Å². The van der Waals surface area contributed by atoms with E-state index in [-0.39, 0.29) is 5.91 Å². The minimum atomic E-state index is -0.527. The lowest BCUT2D eigenvalue weighted by atomic mass is 10.0. The second-order valence-corrected chi connectivity index (χ2v) is 7.54. The molecule has 1 N–H and O–H groups in total. The summed E-state index contributed by atoms with van der Waals surface area (Å²) in [7, 11) is 0. The maximum Gasteiger partial charge on any atom is 0.253 e. The molecule has 0 saturated carbocycles. The summed E-state index contributed by atoms with van der Waals surface area (Å²) in [5, 5.41) is 14.3. The summed E-state index contributed by atoms with van der Waals surface area (Å²) in [6, 6.07) is 6.09. The van der Waals surface area contributed by atoms with Crippen molar-refractivity contribution in [2.24, 2.45) is 0 Å². The van der Waals surface area contributed by atoms with E-state index in [1.54, 1.807) is 31.5 Å². The summed E-state index contributed by atoms with van der Waals surface area (Å²) in [5.41, 5.74) is 2.65. The molecule has 2 aromatic heterocycles. The molecule has 2 aliphatic heterocycles. The molecule has 4 rings (SSSR count). The molecule has 7 heteroatoms. The molecule has 0 unspecified atom stereocenters. The molecule has 2 aromatic rings. The van der Waals surface area contributed by atoms with Crippen molar-refractivity contribution >= 4 is 5.91 Å². The van der Waals surface area contributed by atoms with Crippen molar-refractivity contribution in [1.29, 1.82) is 0 Å². The molecule has 144 valence electrons. The molecular weight excluding hydrogens is 342 g/mol. The molecule has 0 spiro atoms. The zero-order valence-electron chi connectivity index (χ0n) is 15.8. The van der Waals surface area contributed by atoms with Gasteiger partial charge in [-0.3, -0.25) is 19.4 Å². The number of pyridine rings is 1. The zero-order valence-corrected chi connectivity index (χ0v) is 15.8. The van der Waals surface area contributed by atoms with E-state index in [9.17, 15) is 9.90 Å². The highest BCUT2D eigenvalue weighted by Crippen LogP contribution is 2.24. The number of aliphatic hydroxyl groups is 1. The number of hydrogen-bond acceptors (Lipinski definition) is 5. The van der Waals surface area contributed by atoms with Gasteiger partial charge in [-0.15, -0.1) is 0 Å². The van der Waals surface area contributed by atoms with Crippen LogP contribution in [0.4, 0.5) is 0 Å². The normalized spacial score (nSPS) is 20.1. The first-order chi connectivity index (χ1) is 13.1. The van der Waals surface area contributed by atoms with Crippen LogP contribution in [0.1, 0.15) is 54.0 Å². The van der Waals surface area contributed by atoms with E-state index in [2.05, 4.69) is 15.0 Å². The van der Waals surface area contributed by atoms with E-state index >= 15 is 0 Å². The van der Waals surface area contributed by atoms with Gasteiger partial charge in [0.1, 0.15) is 0 Å². The van der Waals surface area contributed by atoms with Crippen molar-refractivity contribution < 1.29 is 9.90 Å². The Hall–Kier alpha value is -2.25. The molecule has 1 saturated heterocycles. The number of nitrogens with zero attached hydrogens (tertiary/aromatic N) is 5. The number of carbonyl (C=O) groups is 1. The van der Waals surface area contributed by atoms with Crippen LogP contribution in [0, 0.1) is 0 Å². The van der Waals surface area contributed by atoms with Gasteiger partial charge in [0.25, 0.3) is 5.91 Å². The second kappa shape index (κ2) is 7.78. The fourth-order valence-electron chi connectivity index (χ4n) is 4.14. The van der Waals surface area contributed by atoms with Gasteiger partial charge in [-0.05, 0) is 44.4 Å². The van der Waals surface area contributed by atoms with Gasteiger partial charge >= 0.3 is 0 Å². The summed E-state index contributed by atoms with van der Waals surface area (Å²) < 4.78 is 2.05. The highest BCUT2D eigenvalue weighted by atomic mass is 16.3. The highest BCUT2D eigenvalue weighted by Gasteiger charge is 2.29. The molecule has 0 aliphatic carbocycles. The topological polar surface area (TPSA) is 74.5 Å². The third-order valence-electron chi connectivity index (χ3n) is 5.69. The fourth-order valence-corrected chi connectivity index (χ4v) is 4.14. The van der Waals surface area contributed by atoms with Crippen LogP contribution in [0.2, 0.25) is 0 Å². The van der Waals surface area contributed by atoms with Crippen molar-refractivity contribution in [1.82, 2.24) is 24.6 Å². The lowest BCUT2D eigenvalue weighted by Crippen LogP contribution is -2.46. The first kappa shape index (κ1) is 18.1. The van der Waals surface area contributed by atoms with E-state index in [0.717, 1.165) is 57.7 Å². The smallest absolute Gasteiger partial charge is 0.253 e. The number of likely N-dealkylation sites (tertiary alicyclic amines) is 1. The van der Waals surface area contributed by atoms with Crippen LogP contribution in [-0.2, 0) is 13.1 Å². The Labute approximate surface area is 159 Å². The lowest BCUT2D eigenvalue weighted by Gasteiger charge is -2.38. The van der Waals surface area contributed by atoms with Gasteiger partial charge in [-0.1, -0.05) is 0 Å². The fraction of sp³-hybridized carbons (Fsp3) is 0.550. The molecule has 27 heavy (non-hydrogen) atoms. The van der Waals surface area contributed by atoms with Crippen molar-refractivity contribution in [2.75, 3.05) is 19.6 Å². The molecule has 1 fully saturated rings. The predicted octanol–water partition coefficient (Wildman–Crippen LogP) is 1.84. The maximum absolute atomic E-state index is 12.6. The first-order valence-electron chi connectivity index (χ1n) is 9.80. The van der Waals surface area contributed by atoms with Gasteiger partial charge in [-0.25, -0.2) is 0 Å². The Morgan fingerprint density at radius 2 is 1.93 bits per heavy atom. The number of aliphatic hydroxyl groups excluding tert-OH is 1. The first-order valence-corrected chi connectivity index (χ1v) is 9.80. The molecule has 4 heterocycles. The van der Waals surface area contributed by atoms with Crippen LogP contribution in [0.5, 0.6) is 0 Å². The van der Waals surface area contributed by atoms with Crippen LogP contribution in [-0.4, -0.2) is 61.3 Å². The van der Waals surface area contributed by atoms with E-state index in [1.807, 2.05) is 15.6 Å². The largest absolute Gasteiger partial charge is 0.387 e. The van der Waals surface area contributed by atoms with Crippen LogP contribution in [0.3, 0.4) is 0 Å². The monoisotopic (exact) mass is 369 g/mol. The number of hydrogen-bond donors (Lipinski definition) is 1. The van der Waals surface area contributed by atoms with E-state index in [4.69, 9.17) is 0 Å². The Balaban J connectivity index is 1.38. The number of aryl methyl sites for hydroxylation is 1. The number of fused-ring (bicyclic) bond motifs is 1. The van der Waals surface area contributed by atoms with Crippen molar-refractivity contribution in [3.63, 3.8) is 0 Å². The Morgan fingerprint density at radius 3 is 2.63 bits per heavy atom. The number of aromatic nitrogens is 3. The predicted molar refractivity (Wildman–Crippen MR) is 101 cm³/mol. The molecule has 2 aliphatic rings. The van der Waals surface area contributed by atoms with Crippen molar-refractivity contribution in [3.05, 3.63) is 47.5 Å². The van der Waals surface area contributed by atoms with Crippen LogP contribution < -0.4 is 0 Å². The molecule has 0 radical (unpaired) electrons. The summed E-state index contributed by atoms with van der Waals surface area (Å²) in [5.74, 6) is 0.103. The van der Waals surface area contributed by atoms with E-state index < -0.39 is 6.10 Å². The van der Waals surface area contributed by atoms with Gasteiger partial charge in [-0.2, -0.15) is 5.10 Å². The highest BCUT2D eigenvalue weighted by molar-refractivity contribution is 5.94. The van der Waals surface area contributed by atoms with Crippen molar-refractivity contribution in [2.45, 2.75) is 51.4 Å². The number of carbonyl (C=O) groups excluding carboxylic acids is 1. The van der Waals surface area contributed by atoms with Gasteiger partial charge in [0.15, 0.2) is 0 Å². The molecular formula is C20H27N5O2. The van der Waals surface area contributed by atoms with Crippen molar-refractivity contribution in [3.8, 4) is 0 Å². The molecule has 1 atom stereocenters. The SMILES string of the molecule is C[C@H](O)c1cc2n(n1)CCCN(C1CCN(C(=O)c3ccncc3)CC1)C2. The van der Waals surface area contributed by atoms with E-state index in [1.165, 1.54) is 5.69 Å². The third-order valence-corrected chi connectivity index (χ3v) is 5.69. The average molecular weight is 369 g/mol. The van der Waals surface area contributed by atoms with Crippen LogP contribution >= 0.6 is 0 Å². The van der Waals surface area contributed by atoms with Gasteiger partial charge in [0.05, 0.1) is 17.5 Å². The Morgan fingerprint density at radius 1 is 1.19 bits per heavy atom. The minimum Gasteiger partial charge on any atom is -0.387 e. The third kappa shape index (κ3) is 3.89. The average Bonchev–Trinajstić information content (AvgIpc) is 3.00. The van der Waals surface area contributed by atoms with E-state index in [0.29, 0.717) is 11.6 Å². The lowest BCUT2D eigenvalue weighted by molar-refractivity contribution is 0.0609. The molecule has 1 amide bonds. The molecule has 0 bridgehead atoms. The summed E-state index contributed by atoms with van der Waals surface area (Å²) >= 11 is 0. The minimum absolute atomic E-state index is 0.103. The second-order valence-electron chi connectivity index (χ2n) is 7.54. The van der Waals surface area contributed by atoms with Crippen LogP contribution in [0.15, 0.2) is 30.6 Å². The van der Waals surface area contributed by atoms with Gasteiger partial charge < -0.3 is 10.0 Å². The number of piperidine rings is 1. The Kier molecular flexibility index (Phi) is 5.22.